The minimum Gasteiger partial charge on any atom is -0.425 e. The van der Waals surface area contributed by atoms with E-state index in [0.29, 0.717) is 29.4 Å². The molecule has 0 saturated heterocycles. The maximum atomic E-state index is 13.6. The van der Waals surface area contributed by atoms with Gasteiger partial charge in [-0.05, 0) is 86.9 Å². The summed E-state index contributed by atoms with van der Waals surface area (Å²) in [6.45, 7) is 3.68. The van der Waals surface area contributed by atoms with Crippen LogP contribution in [0.25, 0.3) is 11.0 Å². The molecule has 4 aromatic rings. The molecule has 0 spiro atoms. The molecule has 1 aliphatic carbocycles. The lowest BCUT2D eigenvalue weighted by molar-refractivity contribution is -0.136. The summed E-state index contributed by atoms with van der Waals surface area (Å²) in [4.78, 5) is 26.3. The monoisotopic (exact) mass is 531 g/mol. The maximum Gasteiger partial charge on any atom is 0.339 e. The van der Waals surface area contributed by atoms with Crippen molar-refractivity contribution in [3.05, 3.63) is 105 Å². The summed E-state index contributed by atoms with van der Waals surface area (Å²) in [5.41, 5.74) is 3.90. The van der Waals surface area contributed by atoms with E-state index in [9.17, 15) is 18.0 Å². The van der Waals surface area contributed by atoms with Gasteiger partial charge in [-0.3, -0.25) is 0 Å². The first-order valence-electron chi connectivity index (χ1n) is 12.6. The third kappa shape index (κ3) is 5.42. The van der Waals surface area contributed by atoms with Crippen LogP contribution in [0.1, 0.15) is 40.7 Å². The van der Waals surface area contributed by atoms with E-state index in [2.05, 4.69) is 4.72 Å². The van der Waals surface area contributed by atoms with Crippen LogP contribution in [0.2, 0.25) is 0 Å². The Morgan fingerprint density at radius 2 is 1.63 bits per heavy atom. The maximum absolute atomic E-state index is 13.6. The Kier molecular flexibility index (Phi) is 7.19. The second kappa shape index (κ2) is 10.6. The van der Waals surface area contributed by atoms with E-state index in [-0.39, 0.29) is 22.7 Å². The van der Waals surface area contributed by atoms with Crippen molar-refractivity contribution in [1.82, 2.24) is 4.72 Å². The van der Waals surface area contributed by atoms with Crippen LogP contribution in [0.15, 0.2) is 80.8 Å². The van der Waals surface area contributed by atoms with E-state index in [1.807, 2.05) is 44.2 Å². The Morgan fingerprint density at radius 1 is 0.947 bits per heavy atom. The first-order valence-corrected chi connectivity index (χ1v) is 14.1. The topological polar surface area (TPSA) is 103 Å². The van der Waals surface area contributed by atoms with E-state index in [1.54, 1.807) is 24.3 Å². The SMILES string of the molecule is Cc1ccc(S(=O)(=O)NC(Cc2ccccc2)C(=O)Oc2cc(C)cc3oc(=O)c4c(c23)CCCC4)cc1. The van der Waals surface area contributed by atoms with Crippen molar-refractivity contribution in [2.45, 2.75) is 56.9 Å². The van der Waals surface area contributed by atoms with E-state index in [0.717, 1.165) is 35.1 Å². The molecule has 3 aromatic carbocycles. The van der Waals surface area contributed by atoms with Crippen molar-refractivity contribution in [2.75, 3.05) is 0 Å². The van der Waals surface area contributed by atoms with Gasteiger partial charge >= 0.3 is 11.6 Å². The van der Waals surface area contributed by atoms with Crippen LogP contribution in [-0.4, -0.2) is 20.4 Å². The normalized spacial score (nSPS) is 14.2. The van der Waals surface area contributed by atoms with Gasteiger partial charge in [0.2, 0.25) is 10.0 Å². The van der Waals surface area contributed by atoms with Gasteiger partial charge in [0.15, 0.2) is 0 Å². The zero-order valence-electron chi connectivity index (χ0n) is 21.3. The average Bonchev–Trinajstić information content (AvgIpc) is 2.89. The molecule has 1 N–H and O–H groups in total. The third-order valence-corrected chi connectivity index (χ3v) is 8.32. The molecule has 196 valence electrons. The van der Waals surface area contributed by atoms with Gasteiger partial charge in [-0.25, -0.2) is 18.0 Å². The number of carbonyl (C=O) groups is 1. The van der Waals surface area contributed by atoms with Gasteiger partial charge in [-0.1, -0.05) is 48.0 Å². The van der Waals surface area contributed by atoms with E-state index < -0.39 is 22.0 Å². The lowest BCUT2D eigenvalue weighted by Crippen LogP contribution is -2.44. The minimum atomic E-state index is -4.01. The summed E-state index contributed by atoms with van der Waals surface area (Å²) in [5.74, 6) is -0.480. The Hall–Kier alpha value is -3.75. The second-order valence-corrected chi connectivity index (χ2v) is 11.5. The van der Waals surface area contributed by atoms with Crippen LogP contribution in [0, 0.1) is 13.8 Å². The van der Waals surface area contributed by atoms with Crippen molar-refractivity contribution in [2.24, 2.45) is 0 Å². The molecule has 1 aromatic heterocycles. The van der Waals surface area contributed by atoms with Gasteiger partial charge in [0, 0.05) is 5.56 Å². The van der Waals surface area contributed by atoms with Gasteiger partial charge in [0.1, 0.15) is 17.4 Å². The number of hydrogen-bond acceptors (Lipinski definition) is 6. The van der Waals surface area contributed by atoms with Crippen LogP contribution < -0.4 is 15.1 Å². The zero-order valence-corrected chi connectivity index (χ0v) is 22.1. The summed E-state index contributed by atoms with van der Waals surface area (Å²) in [5, 5.41) is 0.595. The number of rotatable bonds is 7. The molecule has 0 bridgehead atoms. The van der Waals surface area contributed by atoms with Crippen molar-refractivity contribution in [3.8, 4) is 5.75 Å². The summed E-state index contributed by atoms with van der Waals surface area (Å²) in [7, 11) is -4.01. The molecule has 0 amide bonds. The molecule has 0 fully saturated rings. The summed E-state index contributed by atoms with van der Waals surface area (Å²) < 4.78 is 40.5. The molecular weight excluding hydrogens is 502 g/mol. The lowest BCUT2D eigenvalue weighted by Gasteiger charge is -2.21. The van der Waals surface area contributed by atoms with Crippen LogP contribution >= 0.6 is 0 Å². The van der Waals surface area contributed by atoms with E-state index >= 15 is 0 Å². The fourth-order valence-electron chi connectivity index (χ4n) is 4.92. The Balaban J connectivity index is 1.53. The number of benzene rings is 3. The molecule has 1 heterocycles. The molecule has 1 unspecified atom stereocenters. The van der Waals surface area contributed by atoms with E-state index in [4.69, 9.17) is 9.15 Å². The van der Waals surface area contributed by atoms with Gasteiger partial charge in [-0.2, -0.15) is 4.72 Å². The van der Waals surface area contributed by atoms with Gasteiger partial charge in [0.25, 0.3) is 0 Å². The predicted molar refractivity (Wildman–Crippen MR) is 145 cm³/mol. The Bertz CT molecular complexity index is 1660. The van der Waals surface area contributed by atoms with Crippen molar-refractivity contribution in [1.29, 1.82) is 0 Å². The largest absolute Gasteiger partial charge is 0.425 e. The highest BCUT2D eigenvalue weighted by Gasteiger charge is 2.29. The predicted octanol–water partition coefficient (Wildman–Crippen LogP) is 4.78. The number of ether oxygens (including phenoxy) is 1. The first-order chi connectivity index (χ1) is 18.2. The van der Waals surface area contributed by atoms with Crippen molar-refractivity contribution in [3.63, 3.8) is 0 Å². The van der Waals surface area contributed by atoms with Gasteiger partial charge in [-0.15, -0.1) is 0 Å². The summed E-state index contributed by atoms with van der Waals surface area (Å²) in [6, 6.07) is 17.9. The molecule has 1 atom stereocenters. The Morgan fingerprint density at radius 3 is 2.34 bits per heavy atom. The molecule has 0 aliphatic heterocycles. The minimum absolute atomic E-state index is 0.0609. The molecule has 0 saturated carbocycles. The van der Waals surface area contributed by atoms with Crippen molar-refractivity contribution < 1.29 is 22.4 Å². The van der Waals surface area contributed by atoms with Crippen LogP contribution in [0.3, 0.4) is 0 Å². The highest BCUT2D eigenvalue weighted by Crippen LogP contribution is 2.35. The summed E-state index contributed by atoms with van der Waals surface area (Å²) >= 11 is 0. The van der Waals surface area contributed by atoms with Crippen molar-refractivity contribution >= 4 is 27.0 Å². The fourth-order valence-corrected chi connectivity index (χ4v) is 6.11. The second-order valence-electron chi connectivity index (χ2n) is 9.79. The lowest BCUT2D eigenvalue weighted by atomic mass is 9.90. The number of fused-ring (bicyclic) bond motifs is 3. The third-order valence-electron chi connectivity index (χ3n) is 6.84. The standard InChI is InChI=1S/C30H29NO6S/c1-19-12-14-22(15-13-19)38(34,35)31-25(18-21-8-4-3-5-9-21)30(33)37-27-17-20(2)16-26-28(27)23-10-6-7-11-24(23)29(32)36-26/h3-5,8-9,12-17,25,31H,6-7,10-11,18H2,1-2H3. The molecule has 7 nitrogen and oxygen atoms in total. The average molecular weight is 532 g/mol. The zero-order chi connectivity index (χ0) is 26.9. The van der Waals surface area contributed by atoms with E-state index in [1.165, 1.54) is 12.1 Å². The number of esters is 1. The molecule has 8 heteroatoms. The first kappa shape index (κ1) is 25.9. The van der Waals surface area contributed by atoms with Crippen LogP contribution in [-0.2, 0) is 34.1 Å². The smallest absolute Gasteiger partial charge is 0.339 e. The van der Waals surface area contributed by atoms with Gasteiger partial charge in [0.05, 0.1) is 10.3 Å². The highest BCUT2D eigenvalue weighted by atomic mass is 32.2. The molecule has 0 radical (unpaired) electrons. The fraction of sp³-hybridized carbons (Fsp3) is 0.267. The quantitative estimate of drug-likeness (QED) is 0.209. The van der Waals surface area contributed by atoms with Crippen LogP contribution in [0.4, 0.5) is 0 Å². The summed E-state index contributed by atoms with van der Waals surface area (Å²) in [6.07, 6.45) is 3.20. The number of nitrogens with one attached hydrogen (secondary N) is 1. The molecule has 1 aliphatic rings. The Labute approximate surface area is 221 Å². The number of sulfonamides is 1. The molecular formula is C30H29NO6S. The molecule has 38 heavy (non-hydrogen) atoms. The number of hydrogen-bond donors (Lipinski definition) is 1. The highest BCUT2D eigenvalue weighted by molar-refractivity contribution is 7.89. The number of aryl methyl sites for hydroxylation is 3. The van der Waals surface area contributed by atoms with Crippen LogP contribution in [0.5, 0.6) is 5.75 Å². The van der Waals surface area contributed by atoms with Gasteiger partial charge < -0.3 is 9.15 Å². The number of carbonyl (C=O) groups excluding carboxylic acids is 1. The molecule has 5 rings (SSSR count).